The molecule has 4 amide bonds. The van der Waals surface area contributed by atoms with Crippen molar-refractivity contribution in [1.82, 2.24) is 16.0 Å². The average Bonchev–Trinajstić information content (AvgIpc) is 2.70. The standard InChI is InChI=1S/C18H33N5O7S/c1-4-8(2)13(18(29)30)22-16(27)11(7-31)21-17(28)14(9(3)24)23-15(26)10(19)5-6-12(20)25/h8-11,13-14,24,31H,4-7,19H2,1-3H3,(H2,20,25)(H,21,28)(H,22,27)(H,23,26)(H,29,30). The van der Waals surface area contributed by atoms with E-state index in [0.29, 0.717) is 6.42 Å². The van der Waals surface area contributed by atoms with Gasteiger partial charge >= 0.3 is 5.97 Å². The van der Waals surface area contributed by atoms with Gasteiger partial charge in [0.1, 0.15) is 18.1 Å². The Morgan fingerprint density at radius 2 is 1.52 bits per heavy atom. The van der Waals surface area contributed by atoms with E-state index in [-0.39, 0.29) is 24.5 Å². The van der Waals surface area contributed by atoms with Crippen LogP contribution in [-0.4, -0.2) is 75.8 Å². The second kappa shape index (κ2) is 13.8. The number of primary amides is 1. The first-order valence-corrected chi connectivity index (χ1v) is 10.5. The normalized spacial score (nSPS) is 16.7. The van der Waals surface area contributed by atoms with E-state index in [0.717, 1.165) is 0 Å². The average molecular weight is 464 g/mol. The number of rotatable bonds is 14. The van der Waals surface area contributed by atoms with Gasteiger partial charge in [0, 0.05) is 12.2 Å². The minimum absolute atomic E-state index is 0.0524. The van der Waals surface area contributed by atoms with Crippen LogP contribution in [0, 0.1) is 5.92 Å². The van der Waals surface area contributed by atoms with E-state index < -0.39 is 59.9 Å². The van der Waals surface area contributed by atoms with E-state index in [9.17, 15) is 34.2 Å². The quantitative estimate of drug-likeness (QED) is 0.128. The van der Waals surface area contributed by atoms with Gasteiger partial charge in [0.25, 0.3) is 0 Å². The number of carbonyl (C=O) groups is 5. The van der Waals surface area contributed by atoms with Gasteiger partial charge in [-0.25, -0.2) is 4.79 Å². The molecule has 0 aliphatic carbocycles. The summed E-state index contributed by atoms with van der Waals surface area (Å²) < 4.78 is 0. The predicted molar refractivity (Wildman–Crippen MR) is 115 cm³/mol. The Kier molecular flexibility index (Phi) is 12.8. The van der Waals surface area contributed by atoms with Crippen LogP contribution < -0.4 is 27.4 Å². The van der Waals surface area contributed by atoms with Crippen molar-refractivity contribution in [1.29, 1.82) is 0 Å². The molecule has 0 aromatic rings. The molecule has 12 nitrogen and oxygen atoms in total. The van der Waals surface area contributed by atoms with Gasteiger partial charge in [-0.05, 0) is 19.3 Å². The highest BCUT2D eigenvalue weighted by molar-refractivity contribution is 7.80. The van der Waals surface area contributed by atoms with E-state index in [1.165, 1.54) is 6.92 Å². The molecule has 0 fully saturated rings. The van der Waals surface area contributed by atoms with Crippen LogP contribution in [0.3, 0.4) is 0 Å². The van der Waals surface area contributed by atoms with Crippen molar-refractivity contribution in [3.8, 4) is 0 Å². The zero-order chi connectivity index (χ0) is 24.3. The first-order valence-electron chi connectivity index (χ1n) is 9.82. The summed E-state index contributed by atoms with van der Waals surface area (Å²) in [4.78, 5) is 59.4. The van der Waals surface area contributed by atoms with E-state index in [1.54, 1.807) is 13.8 Å². The number of hydrogen-bond donors (Lipinski definition) is 8. The predicted octanol–water partition coefficient (Wildman–Crippen LogP) is -2.53. The lowest BCUT2D eigenvalue weighted by atomic mass is 9.99. The van der Waals surface area contributed by atoms with E-state index in [1.807, 2.05) is 0 Å². The number of aliphatic hydroxyl groups is 1. The Morgan fingerprint density at radius 1 is 0.968 bits per heavy atom. The van der Waals surface area contributed by atoms with Gasteiger partial charge in [-0.3, -0.25) is 19.2 Å². The van der Waals surface area contributed by atoms with E-state index >= 15 is 0 Å². The first-order chi connectivity index (χ1) is 14.3. The number of thiol groups is 1. The molecule has 0 radical (unpaired) electrons. The molecule has 0 aromatic carbocycles. The lowest BCUT2D eigenvalue weighted by Crippen LogP contribution is -2.60. The smallest absolute Gasteiger partial charge is 0.326 e. The maximum Gasteiger partial charge on any atom is 0.326 e. The summed E-state index contributed by atoms with van der Waals surface area (Å²) in [7, 11) is 0. The maximum atomic E-state index is 12.6. The highest BCUT2D eigenvalue weighted by Gasteiger charge is 2.33. The Hall–Kier alpha value is -2.38. The zero-order valence-electron chi connectivity index (χ0n) is 17.8. The number of carboxylic acid groups (broad SMARTS) is 1. The minimum atomic E-state index is -1.45. The van der Waals surface area contributed by atoms with Gasteiger partial charge in [0.2, 0.25) is 23.6 Å². The van der Waals surface area contributed by atoms with Gasteiger partial charge in [0.15, 0.2) is 0 Å². The Labute approximate surface area is 186 Å². The zero-order valence-corrected chi connectivity index (χ0v) is 18.7. The van der Waals surface area contributed by atoms with Crippen molar-refractivity contribution in [2.75, 3.05) is 5.75 Å². The molecule has 0 saturated carbocycles. The molecule has 6 unspecified atom stereocenters. The highest BCUT2D eigenvalue weighted by Crippen LogP contribution is 2.08. The molecule has 0 heterocycles. The number of nitrogens with two attached hydrogens (primary N) is 2. The van der Waals surface area contributed by atoms with Crippen LogP contribution in [0.1, 0.15) is 40.0 Å². The van der Waals surface area contributed by atoms with Crippen molar-refractivity contribution in [3.05, 3.63) is 0 Å². The van der Waals surface area contributed by atoms with Gasteiger partial charge in [-0.1, -0.05) is 20.3 Å². The lowest BCUT2D eigenvalue weighted by molar-refractivity contribution is -0.143. The summed E-state index contributed by atoms with van der Waals surface area (Å²) in [5.41, 5.74) is 10.7. The number of aliphatic hydroxyl groups excluding tert-OH is 1. The summed E-state index contributed by atoms with van der Waals surface area (Å²) in [6.07, 6.45) is -1.03. The third-order valence-corrected chi connectivity index (χ3v) is 5.06. The summed E-state index contributed by atoms with van der Waals surface area (Å²) in [5.74, 6) is -4.84. The fourth-order valence-corrected chi connectivity index (χ4v) is 2.74. The molecule has 6 atom stereocenters. The number of aliphatic carboxylic acids is 1. The summed E-state index contributed by atoms with van der Waals surface area (Å²) >= 11 is 4.01. The van der Waals surface area contributed by atoms with Crippen LogP contribution in [0.5, 0.6) is 0 Å². The second-order valence-electron chi connectivity index (χ2n) is 7.29. The fraction of sp³-hybridized carbons (Fsp3) is 0.722. The van der Waals surface area contributed by atoms with E-state index in [2.05, 4.69) is 28.6 Å². The van der Waals surface area contributed by atoms with Crippen molar-refractivity contribution in [3.63, 3.8) is 0 Å². The number of carbonyl (C=O) groups excluding carboxylic acids is 4. The molecule has 0 spiro atoms. The molecule has 0 aliphatic heterocycles. The Balaban J connectivity index is 5.18. The second-order valence-corrected chi connectivity index (χ2v) is 7.66. The van der Waals surface area contributed by atoms with Crippen LogP contribution in [-0.2, 0) is 24.0 Å². The molecule has 0 aromatic heterocycles. The van der Waals surface area contributed by atoms with Gasteiger partial charge in [0.05, 0.1) is 12.1 Å². The Morgan fingerprint density at radius 3 is 1.94 bits per heavy atom. The summed E-state index contributed by atoms with van der Waals surface area (Å²) in [6.45, 7) is 4.68. The van der Waals surface area contributed by atoms with Crippen molar-refractivity contribution in [2.24, 2.45) is 17.4 Å². The first kappa shape index (κ1) is 28.6. The van der Waals surface area contributed by atoms with Crippen LogP contribution in [0.15, 0.2) is 0 Å². The number of hydrogen-bond acceptors (Lipinski definition) is 8. The van der Waals surface area contributed by atoms with Crippen LogP contribution in [0.25, 0.3) is 0 Å². The number of amides is 4. The maximum absolute atomic E-state index is 12.6. The molecule has 13 heteroatoms. The molecular weight excluding hydrogens is 430 g/mol. The largest absolute Gasteiger partial charge is 0.480 e. The van der Waals surface area contributed by atoms with Crippen molar-refractivity contribution in [2.45, 2.75) is 70.3 Å². The monoisotopic (exact) mass is 463 g/mol. The summed E-state index contributed by atoms with van der Waals surface area (Å²) in [6, 6.07) is -4.97. The molecule has 178 valence electrons. The molecule has 0 rings (SSSR count). The molecule has 0 saturated heterocycles. The minimum Gasteiger partial charge on any atom is -0.480 e. The van der Waals surface area contributed by atoms with Crippen LogP contribution in [0.4, 0.5) is 0 Å². The highest BCUT2D eigenvalue weighted by atomic mass is 32.1. The van der Waals surface area contributed by atoms with Crippen LogP contribution in [0.2, 0.25) is 0 Å². The molecule has 0 aliphatic rings. The summed E-state index contributed by atoms with van der Waals surface area (Å²) in [5, 5.41) is 26.2. The van der Waals surface area contributed by atoms with Gasteiger partial charge in [-0.15, -0.1) is 0 Å². The SMILES string of the molecule is CCC(C)C(NC(=O)C(CS)NC(=O)C(NC(=O)C(N)CCC(N)=O)C(C)O)C(=O)O. The molecule has 0 bridgehead atoms. The third-order valence-electron chi connectivity index (χ3n) is 4.69. The Bertz CT molecular complexity index is 661. The fourth-order valence-electron chi connectivity index (χ4n) is 2.49. The van der Waals surface area contributed by atoms with Crippen LogP contribution >= 0.6 is 12.6 Å². The lowest BCUT2D eigenvalue weighted by Gasteiger charge is -2.26. The topological polar surface area (TPSA) is 214 Å². The van der Waals surface area contributed by atoms with E-state index in [4.69, 9.17) is 11.5 Å². The van der Waals surface area contributed by atoms with Crippen molar-refractivity contribution < 1.29 is 34.2 Å². The molecule has 9 N–H and O–H groups in total. The molecular formula is C18H33N5O7S. The molecule has 31 heavy (non-hydrogen) atoms. The van der Waals surface area contributed by atoms with Gasteiger partial charge < -0.3 is 37.6 Å². The van der Waals surface area contributed by atoms with Crippen molar-refractivity contribution >= 4 is 42.2 Å². The third kappa shape index (κ3) is 9.98. The number of nitrogens with one attached hydrogen (secondary N) is 3. The van der Waals surface area contributed by atoms with Gasteiger partial charge in [-0.2, -0.15) is 12.6 Å². The number of carboxylic acids is 1.